The quantitative estimate of drug-likeness (QED) is 0.820. The molecule has 1 aromatic rings. The highest BCUT2D eigenvalue weighted by Crippen LogP contribution is 2.24. The molecule has 1 fully saturated rings. The van der Waals surface area contributed by atoms with Gasteiger partial charge in [-0.1, -0.05) is 13.3 Å². The van der Waals surface area contributed by atoms with Gasteiger partial charge in [0.05, 0.1) is 0 Å². The summed E-state index contributed by atoms with van der Waals surface area (Å²) in [6.07, 6.45) is 3.63. The number of amides is 1. The van der Waals surface area contributed by atoms with Crippen LogP contribution in [0.1, 0.15) is 65.2 Å². The van der Waals surface area contributed by atoms with E-state index >= 15 is 0 Å². The highest BCUT2D eigenvalue weighted by Gasteiger charge is 2.28. The van der Waals surface area contributed by atoms with Crippen LogP contribution in [0.4, 0.5) is 0 Å². The predicted octanol–water partition coefficient (Wildman–Crippen LogP) is 2.30. The van der Waals surface area contributed by atoms with Gasteiger partial charge in [0.15, 0.2) is 5.78 Å². The van der Waals surface area contributed by atoms with Gasteiger partial charge >= 0.3 is 0 Å². The molecule has 1 amide bonds. The molecule has 1 aliphatic heterocycles. The topological polar surface area (TPSA) is 65.2 Å². The molecular formula is C17H27N3O2. The number of ketones is 1. The standard InChI is InChI=1S/C17H27N3O2/c1-5-6-14-15(12(3)21)11(2)19-16(14)17(22)20-9-7-13(18-4)8-10-20/h13,18-19H,5-10H2,1-4H3. The van der Waals surface area contributed by atoms with Gasteiger partial charge < -0.3 is 15.2 Å². The van der Waals surface area contributed by atoms with Crippen LogP contribution in [0, 0.1) is 6.92 Å². The first kappa shape index (κ1) is 16.7. The van der Waals surface area contributed by atoms with E-state index < -0.39 is 0 Å². The molecule has 2 N–H and O–H groups in total. The normalized spacial score (nSPS) is 16.1. The fourth-order valence-electron chi connectivity index (χ4n) is 3.37. The van der Waals surface area contributed by atoms with Crippen molar-refractivity contribution in [1.82, 2.24) is 15.2 Å². The van der Waals surface area contributed by atoms with Crippen LogP contribution in [0.5, 0.6) is 0 Å². The van der Waals surface area contributed by atoms with Gasteiger partial charge in [-0.05, 0) is 45.7 Å². The molecule has 1 aliphatic rings. The molecule has 1 aromatic heterocycles. The summed E-state index contributed by atoms with van der Waals surface area (Å²) in [5.74, 6) is 0.0683. The lowest BCUT2D eigenvalue weighted by Gasteiger charge is -2.31. The second-order valence-corrected chi connectivity index (χ2v) is 6.14. The first-order chi connectivity index (χ1) is 10.5. The van der Waals surface area contributed by atoms with E-state index in [-0.39, 0.29) is 11.7 Å². The minimum Gasteiger partial charge on any atom is -0.354 e. The van der Waals surface area contributed by atoms with E-state index in [1.807, 2.05) is 18.9 Å². The Morgan fingerprint density at radius 3 is 2.45 bits per heavy atom. The van der Waals surface area contributed by atoms with Crippen LogP contribution in [0.15, 0.2) is 0 Å². The van der Waals surface area contributed by atoms with Crippen molar-refractivity contribution >= 4 is 11.7 Å². The molecular weight excluding hydrogens is 278 g/mol. The Labute approximate surface area is 132 Å². The molecule has 22 heavy (non-hydrogen) atoms. The van der Waals surface area contributed by atoms with E-state index in [1.54, 1.807) is 6.92 Å². The Hall–Kier alpha value is -1.62. The van der Waals surface area contributed by atoms with Gasteiger partial charge in [-0.25, -0.2) is 0 Å². The molecule has 122 valence electrons. The monoisotopic (exact) mass is 305 g/mol. The fraction of sp³-hybridized carbons (Fsp3) is 0.647. The number of Topliss-reactive ketones (excluding diaryl/α,β-unsaturated/α-hetero) is 1. The summed E-state index contributed by atoms with van der Waals surface area (Å²) in [6, 6.07) is 0.498. The Morgan fingerprint density at radius 1 is 1.32 bits per heavy atom. The van der Waals surface area contributed by atoms with Gasteiger partial charge in [-0.15, -0.1) is 0 Å². The summed E-state index contributed by atoms with van der Waals surface area (Å²) in [5.41, 5.74) is 3.03. The first-order valence-electron chi connectivity index (χ1n) is 8.18. The summed E-state index contributed by atoms with van der Waals surface area (Å²) >= 11 is 0. The van der Waals surface area contributed by atoms with Gasteiger partial charge in [0.1, 0.15) is 5.69 Å². The number of nitrogens with zero attached hydrogens (tertiary/aromatic N) is 1. The van der Waals surface area contributed by atoms with Crippen molar-refractivity contribution in [3.8, 4) is 0 Å². The Morgan fingerprint density at radius 2 is 1.95 bits per heavy atom. The van der Waals surface area contributed by atoms with Crippen molar-refractivity contribution < 1.29 is 9.59 Å². The number of hydrogen-bond acceptors (Lipinski definition) is 3. The van der Waals surface area contributed by atoms with Crippen LogP contribution < -0.4 is 5.32 Å². The van der Waals surface area contributed by atoms with E-state index in [9.17, 15) is 9.59 Å². The lowest BCUT2D eigenvalue weighted by molar-refractivity contribution is 0.0701. The zero-order chi connectivity index (χ0) is 16.3. The fourth-order valence-corrected chi connectivity index (χ4v) is 3.37. The molecule has 0 spiro atoms. The number of nitrogens with one attached hydrogen (secondary N) is 2. The maximum atomic E-state index is 12.8. The average molecular weight is 305 g/mol. The Balaban J connectivity index is 2.26. The summed E-state index contributed by atoms with van der Waals surface area (Å²) < 4.78 is 0. The number of aromatic amines is 1. The molecule has 0 saturated carbocycles. The number of piperidine rings is 1. The lowest BCUT2D eigenvalue weighted by atomic mass is 9.99. The van der Waals surface area contributed by atoms with E-state index in [2.05, 4.69) is 17.2 Å². The van der Waals surface area contributed by atoms with Crippen molar-refractivity contribution in [2.24, 2.45) is 0 Å². The van der Waals surface area contributed by atoms with Crippen molar-refractivity contribution in [2.75, 3.05) is 20.1 Å². The third-order valence-electron chi connectivity index (χ3n) is 4.55. The number of H-pyrrole nitrogens is 1. The largest absolute Gasteiger partial charge is 0.354 e. The lowest BCUT2D eigenvalue weighted by Crippen LogP contribution is -2.44. The minimum atomic E-state index is 0.0325. The highest BCUT2D eigenvalue weighted by atomic mass is 16.2. The third kappa shape index (κ3) is 3.24. The van der Waals surface area contributed by atoms with Crippen LogP contribution in [0.25, 0.3) is 0 Å². The molecule has 0 radical (unpaired) electrons. The number of hydrogen-bond donors (Lipinski definition) is 2. The number of carbonyl (C=O) groups is 2. The van der Waals surface area contributed by atoms with Crippen molar-refractivity contribution in [3.63, 3.8) is 0 Å². The van der Waals surface area contributed by atoms with Crippen molar-refractivity contribution in [1.29, 1.82) is 0 Å². The molecule has 5 nitrogen and oxygen atoms in total. The summed E-state index contributed by atoms with van der Waals surface area (Å²) in [6.45, 7) is 7.05. The van der Waals surface area contributed by atoms with Gasteiger partial charge in [-0.2, -0.15) is 0 Å². The van der Waals surface area contributed by atoms with Crippen LogP contribution in [0.2, 0.25) is 0 Å². The van der Waals surface area contributed by atoms with E-state index in [0.717, 1.165) is 50.0 Å². The molecule has 5 heteroatoms. The van der Waals surface area contributed by atoms with Gasteiger partial charge in [0, 0.05) is 30.4 Å². The summed E-state index contributed by atoms with van der Waals surface area (Å²) in [4.78, 5) is 29.8. The van der Waals surface area contributed by atoms with Crippen molar-refractivity contribution in [2.45, 2.75) is 52.5 Å². The molecule has 0 atom stereocenters. The second kappa shape index (κ2) is 7.09. The van der Waals surface area contributed by atoms with Crippen molar-refractivity contribution in [3.05, 3.63) is 22.5 Å². The highest BCUT2D eigenvalue weighted by molar-refractivity contribution is 6.02. The molecule has 0 bridgehead atoms. The molecule has 1 saturated heterocycles. The number of likely N-dealkylation sites (tertiary alicyclic amines) is 1. The molecule has 2 heterocycles. The van der Waals surface area contributed by atoms with E-state index in [1.165, 1.54) is 0 Å². The zero-order valence-corrected chi connectivity index (χ0v) is 14.1. The van der Waals surface area contributed by atoms with Gasteiger partial charge in [0.25, 0.3) is 5.91 Å². The van der Waals surface area contributed by atoms with Gasteiger partial charge in [-0.3, -0.25) is 9.59 Å². The van der Waals surface area contributed by atoms with Crippen LogP contribution in [0.3, 0.4) is 0 Å². The maximum Gasteiger partial charge on any atom is 0.270 e. The zero-order valence-electron chi connectivity index (χ0n) is 14.1. The third-order valence-corrected chi connectivity index (χ3v) is 4.55. The second-order valence-electron chi connectivity index (χ2n) is 6.14. The maximum absolute atomic E-state index is 12.8. The van der Waals surface area contributed by atoms with Crippen LogP contribution in [-0.2, 0) is 6.42 Å². The average Bonchev–Trinajstić information content (AvgIpc) is 2.83. The predicted molar refractivity (Wildman–Crippen MR) is 87.5 cm³/mol. The number of carbonyl (C=O) groups excluding carboxylic acids is 2. The summed E-state index contributed by atoms with van der Waals surface area (Å²) in [7, 11) is 1.97. The molecule has 2 rings (SSSR count). The van der Waals surface area contributed by atoms with Crippen LogP contribution in [-0.4, -0.2) is 47.8 Å². The Kier molecular flexibility index (Phi) is 5.40. The number of aromatic nitrogens is 1. The molecule has 0 unspecified atom stereocenters. The Bertz CT molecular complexity index is 554. The van der Waals surface area contributed by atoms with Gasteiger partial charge in [0.2, 0.25) is 0 Å². The van der Waals surface area contributed by atoms with Crippen LogP contribution >= 0.6 is 0 Å². The summed E-state index contributed by atoms with van der Waals surface area (Å²) in [5, 5.41) is 3.27. The smallest absolute Gasteiger partial charge is 0.270 e. The minimum absolute atomic E-state index is 0.0325. The number of aryl methyl sites for hydroxylation is 1. The van der Waals surface area contributed by atoms with E-state index in [0.29, 0.717) is 17.3 Å². The van der Waals surface area contributed by atoms with E-state index in [4.69, 9.17) is 0 Å². The SMILES string of the molecule is CCCc1c(C(=O)N2CCC(NC)CC2)[nH]c(C)c1C(C)=O. The molecule has 0 aliphatic carbocycles. The number of rotatable bonds is 5. The first-order valence-corrected chi connectivity index (χ1v) is 8.18. The molecule has 0 aromatic carbocycles.